The lowest BCUT2D eigenvalue weighted by molar-refractivity contribution is 0.218. The molecule has 0 aromatic heterocycles. The average molecular weight is 223 g/mol. The topological polar surface area (TPSA) is 41.5 Å². The Morgan fingerprint density at radius 1 is 1.44 bits per heavy atom. The van der Waals surface area contributed by atoms with Crippen LogP contribution in [0.2, 0.25) is 0 Å². The Labute approximate surface area is 97.4 Å². The fourth-order valence-electron chi connectivity index (χ4n) is 1.52. The molecule has 16 heavy (non-hydrogen) atoms. The van der Waals surface area contributed by atoms with Crippen LogP contribution >= 0.6 is 0 Å². The van der Waals surface area contributed by atoms with Crippen LogP contribution in [-0.4, -0.2) is 31.4 Å². The van der Waals surface area contributed by atoms with Gasteiger partial charge in [0.1, 0.15) is 12.4 Å². The minimum absolute atomic E-state index is 0.184. The van der Waals surface area contributed by atoms with Crippen LogP contribution in [0.25, 0.3) is 0 Å². The van der Waals surface area contributed by atoms with Gasteiger partial charge in [-0.05, 0) is 37.6 Å². The Hall–Kier alpha value is -1.06. The number of rotatable bonds is 7. The van der Waals surface area contributed by atoms with Gasteiger partial charge in [-0.3, -0.25) is 0 Å². The van der Waals surface area contributed by atoms with Gasteiger partial charge in [0.25, 0.3) is 0 Å². The van der Waals surface area contributed by atoms with Gasteiger partial charge in [-0.15, -0.1) is 0 Å². The summed E-state index contributed by atoms with van der Waals surface area (Å²) in [6.07, 6.45) is 1.73. The summed E-state index contributed by atoms with van der Waals surface area (Å²) in [5.41, 5.74) is 1.28. The zero-order valence-electron chi connectivity index (χ0n) is 10.1. The molecule has 1 unspecified atom stereocenters. The Kier molecular flexibility index (Phi) is 5.90. The SMILES string of the molecule is CCc1cccc(OCC(CCO)NC)c1. The maximum absolute atomic E-state index is 8.85. The summed E-state index contributed by atoms with van der Waals surface area (Å²) in [5.74, 6) is 0.900. The van der Waals surface area contributed by atoms with Crippen LogP contribution in [0.15, 0.2) is 24.3 Å². The van der Waals surface area contributed by atoms with Gasteiger partial charge in [-0.1, -0.05) is 19.1 Å². The Balaban J connectivity index is 2.46. The summed E-state index contributed by atoms with van der Waals surface area (Å²) in [7, 11) is 1.88. The monoisotopic (exact) mass is 223 g/mol. The molecule has 3 nitrogen and oxygen atoms in total. The number of aliphatic hydroxyl groups is 1. The smallest absolute Gasteiger partial charge is 0.119 e. The lowest BCUT2D eigenvalue weighted by Crippen LogP contribution is -2.32. The third-order valence-electron chi connectivity index (χ3n) is 2.64. The molecule has 1 aromatic carbocycles. The molecule has 1 atom stereocenters. The van der Waals surface area contributed by atoms with Crippen LogP contribution in [0.4, 0.5) is 0 Å². The summed E-state index contributed by atoms with van der Waals surface area (Å²) in [6, 6.07) is 8.33. The van der Waals surface area contributed by atoms with Crippen molar-refractivity contribution >= 4 is 0 Å². The van der Waals surface area contributed by atoms with Crippen molar-refractivity contribution in [2.24, 2.45) is 0 Å². The van der Waals surface area contributed by atoms with Crippen molar-refractivity contribution in [1.29, 1.82) is 0 Å². The first kappa shape index (κ1) is 13.0. The van der Waals surface area contributed by atoms with Gasteiger partial charge >= 0.3 is 0 Å². The average Bonchev–Trinajstić information content (AvgIpc) is 2.34. The summed E-state index contributed by atoms with van der Waals surface area (Å²) >= 11 is 0. The zero-order chi connectivity index (χ0) is 11.8. The number of aryl methyl sites for hydroxylation is 1. The van der Waals surface area contributed by atoms with Crippen molar-refractivity contribution < 1.29 is 9.84 Å². The minimum Gasteiger partial charge on any atom is -0.492 e. The van der Waals surface area contributed by atoms with Crippen LogP contribution < -0.4 is 10.1 Å². The molecule has 1 aromatic rings. The molecular formula is C13H21NO2. The van der Waals surface area contributed by atoms with Crippen molar-refractivity contribution in [2.45, 2.75) is 25.8 Å². The quantitative estimate of drug-likeness (QED) is 0.737. The first-order valence-corrected chi connectivity index (χ1v) is 5.80. The first-order valence-electron chi connectivity index (χ1n) is 5.80. The number of aliphatic hydroxyl groups excluding tert-OH is 1. The van der Waals surface area contributed by atoms with Gasteiger partial charge in [-0.2, -0.15) is 0 Å². The third-order valence-corrected chi connectivity index (χ3v) is 2.64. The van der Waals surface area contributed by atoms with E-state index in [0.29, 0.717) is 13.0 Å². The molecule has 0 fully saturated rings. The van der Waals surface area contributed by atoms with Crippen molar-refractivity contribution in [2.75, 3.05) is 20.3 Å². The lowest BCUT2D eigenvalue weighted by Gasteiger charge is -2.16. The number of hydrogen-bond donors (Lipinski definition) is 2. The fraction of sp³-hybridized carbons (Fsp3) is 0.538. The first-order chi connectivity index (χ1) is 7.80. The van der Waals surface area contributed by atoms with Crippen LogP contribution in [0.5, 0.6) is 5.75 Å². The number of hydrogen-bond acceptors (Lipinski definition) is 3. The molecule has 3 heteroatoms. The maximum atomic E-state index is 8.85. The molecule has 1 rings (SSSR count). The highest BCUT2D eigenvalue weighted by Crippen LogP contribution is 2.14. The molecule has 0 aliphatic rings. The van der Waals surface area contributed by atoms with Crippen LogP contribution in [0.1, 0.15) is 18.9 Å². The molecule has 0 bridgehead atoms. The summed E-state index contributed by atoms with van der Waals surface area (Å²) < 4.78 is 5.68. The number of benzene rings is 1. The lowest BCUT2D eigenvalue weighted by atomic mass is 10.2. The van der Waals surface area contributed by atoms with E-state index < -0.39 is 0 Å². The Morgan fingerprint density at radius 3 is 2.88 bits per heavy atom. The normalized spacial score (nSPS) is 12.4. The minimum atomic E-state index is 0.184. The van der Waals surface area contributed by atoms with Crippen LogP contribution in [0, 0.1) is 0 Å². The van der Waals surface area contributed by atoms with E-state index in [9.17, 15) is 0 Å². The molecule has 0 heterocycles. The van der Waals surface area contributed by atoms with E-state index in [1.165, 1.54) is 5.56 Å². The van der Waals surface area contributed by atoms with Crippen molar-refractivity contribution in [3.05, 3.63) is 29.8 Å². The predicted molar refractivity (Wildman–Crippen MR) is 65.9 cm³/mol. The van der Waals surface area contributed by atoms with Crippen molar-refractivity contribution in [1.82, 2.24) is 5.32 Å². The zero-order valence-corrected chi connectivity index (χ0v) is 10.1. The largest absolute Gasteiger partial charge is 0.492 e. The molecule has 0 spiro atoms. The maximum Gasteiger partial charge on any atom is 0.119 e. The number of likely N-dealkylation sites (N-methyl/N-ethyl adjacent to an activating group) is 1. The third kappa shape index (κ3) is 4.21. The number of ether oxygens (including phenoxy) is 1. The summed E-state index contributed by atoms with van der Waals surface area (Å²) in [5, 5.41) is 12.0. The highest BCUT2D eigenvalue weighted by atomic mass is 16.5. The molecule has 0 saturated carbocycles. The van der Waals surface area contributed by atoms with Gasteiger partial charge in [0, 0.05) is 12.6 Å². The molecule has 0 aliphatic heterocycles. The molecule has 0 radical (unpaired) electrons. The highest BCUT2D eigenvalue weighted by molar-refractivity contribution is 5.28. The van der Waals surface area contributed by atoms with E-state index in [1.54, 1.807) is 0 Å². The second-order valence-electron chi connectivity index (χ2n) is 3.81. The molecule has 2 N–H and O–H groups in total. The number of nitrogens with one attached hydrogen (secondary N) is 1. The molecule has 0 amide bonds. The van der Waals surface area contributed by atoms with Crippen LogP contribution in [-0.2, 0) is 6.42 Å². The van der Waals surface area contributed by atoms with Gasteiger partial charge in [0.05, 0.1) is 0 Å². The molecule has 90 valence electrons. The highest BCUT2D eigenvalue weighted by Gasteiger charge is 2.06. The van der Waals surface area contributed by atoms with Crippen molar-refractivity contribution in [3.63, 3.8) is 0 Å². The van der Waals surface area contributed by atoms with E-state index in [0.717, 1.165) is 12.2 Å². The van der Waals surface area contributed by atoms with E-state index in [-0.39, 0.29) is 12.6 Å². The Bertz CT molecular complexity index is 302. The van der Waals surface area contributed by atoms with Gasteiger partial charge < -0.3 is 15.2 Å². The summed E-state index contributed by atoms with van der Waals surface area (Å²) in [4.78, 5) is 0. The molecular weight excluding hydrogens is 202 g/mol. The standard InChI is InChI=1S/C13H21NO2/c1-3-11-5-4-6-13(9-11)16-10-12(14-2)7-8-15/h4-6,9,12,14-15H,3,7-8,10H2,1-2H3. The van der Waals surface area contributed by atoms with Crippen LogP contribution in [0.3, 0.4) is 0 Å². The Morgan fingerprint density at radius 2 is 2.25 bits per heavy atom. The second kappa shape index (κ2) is 7.25. The summed E-state index contributed by atoms with van der Waals surface area (Å²) in [6.45, 7) is 2.90. The van der Waals surface area contributed by atoms with Gasteiger partial charge in [-0.25, -0.2) is 0 Å². The molecule has 0 aliphatic carbocycles. The van der Waals surface area contributed by atoms with E-state index in [1.807, 2.05) is 19.2 Å². The van der Waals surface area contributed by atoms with Gasteiger partial charge in [0.2, 0.25) is 0 Å². The van der Waals surface area contributed by atoms with E-state index >= 15 is 0 Å². The predicted octanol–water partition coefficient (Wildman–Crippen LogP) is 1.60. The van der Waals surface area contributed by atoms with Gasteiger partial charge in [0.15, 0.2) is 0 Å². The fourth-order valence-corrected chi connectivity index (χ4v) is 1.52. The van der Waals surface area contributed by atoms with E-state index in [2.05, 4.69) is 24.4 Å². The van der Waals surface area contributed by atoms with Crippen molar-refractivity contribution in [3.8, 4) is 5.75 Å². The van der Waals surface area contributed by atoms with E-state index in [4.69, 9.17) is 9.84 Å². The molecule has 0 saturated heterocycles. The second-order valence-corrected chi connectivity index (χ2v) is 3.81.